The average molecular weight is 391 g/mol. The molecule has 0 atom stereocenters. The van der Waals surface area contributed by atoms with Crippen LogP contribution in [-0.4, -0.2) is 31.2 Å². The average Bonchev–Trinajstić information content (AvgIpc) is 3.07. The molecule has 0 aliphatic heterocycles. The summed E-state index contributed by atoms with van der Waals surface area (Å²) in [7, 11) is 0. The molecule has 2 heterocycles. The highest BCUT2D eigenvalue weighted by molar-refractivity contribution is 7.99. The van der Waals surface area contributed by atoms with Gasteiger partial charge >= 0.3 is 0 Å². The van der Waals surface area contributed by atoms with Crippen LogP contribution < -0.4 is 10.9 Å². The van der Waals surface area contributed by atoms with Gasteiger partial charge < -0.3 is 5.32 Å². The Morgan fingerprint density at radius 2 is 1.86 bits per heavy atom. The van der Waals surface area contributed by atoms with Crippen molar-refractivity contribution in [3.8, 4) is 11.4 Å². The second-order valence-corrected chi connectivity index (χ2v) is 7.16. The fraction of sp³-hybridized carbons (Fsp3) is 0.100. The number of hydrogen-bond donors (Lipinski definition) is 2. The van der Waals surface area contributed by atoms with E-state index >= 15 is 0 Å². The fourth-order valence-electron chi connectivity index (χ4n) is 2.66. The van der Waals surface area contributed by atoms with E-state index in [0.29, 0.717) is 16.6 Å². The molecule has 0 saturated carbocycles. The summed E-state index contributed by atoms with van der Waals surface area (Å²) in [5, 5.41) is 6.00. The van der Waals surface area contributed by atoms with Gasteiger partial charge in [0.2, 0.25) is 5.91 Å². The number of benzene rings is 2. The van der Waals surface area contributed by atoms with E-state index in [1.54, 1.807) is 0 Å². The Kier molecular flexibility index (Phi) is 4.94. The molecule has 7 nitrogen and oxygen atoms in total. The Bertz CT molecular complexity index is 1180. The quantitative estimate of drug-likeness (QED) is 0.510. The van der Waals surface area contributed by atoms with Crippen LogP contribution in [0.5, 0.6) is 0 Å². The summed E-state index contributed by atoms with van der Waals surface area (Å²) in [6.45, 7) is 2.01. The summed E-state index contributed by atoms with van der Waals surface area (Å²) >= 11 is 1.23. The number of thioether (sulfide) groups is 1. The third-order valence-electron chi connectivity index (χ3n) is 4.02. The highest BCUT2D eigenvalue weighted by Crippen LogP contribution is 2.22. The van der Waals surface area contributed by atoms with E-state index < -0.39 is 0 Å². The van der Waals surface area contributed by atoms with E-state index in [0.717, 1.165) is 16.8 Å². The van der Waals surface area contributed by atoms with Crippen LogP contribution in [0, 0.1) is 6.92 Å². The van der Waals surface area contributed by atoms with Crippen molar-refractivity contribution >= 4 is 29.0 Å². The second kappa shape index (κ2) is 7.69. The monoisotopic (exact) mass is 391 g/mol. The highest BCUT2D eigenvalue weighted by Gasteiger charge is 2.13. The van der Waals surface area contributed by atoms with Crippen molar-refractivity contribution in [1.29, 1.82) is 0 Å². The molecule has 0 fully saturated rings. The minimum absolute atomic E-state index is 0.147. The molecule has 2 aromatic carbocycles. The van der Waals surface area contributed by atoms with E-state index in [1.165, 1.54) is 22.3 Å². The van der Waals surface area contributed by atoms with Crippen molar-refractivity contribution in [2.75, 3.05) is 11.1 Å². The van der Waals surface area contributed by atoms with Crippen molar-refractivity contribution in [3.63, 3.8) is 0 Å². The Hall–Kier alpha value is -3.39. The predicted molar refractivity (Wildman–Crippen MR) is 110 cm³/mol. The van der Waals surface area contributed by atoms with Gasteiger partial charge in [-0.1, -0.05) is 59.8 Å². The van der Waals surface area contributed by atoms with Crippen LogP contribution in [0.2, 0.25) is 0 Å². The van der Waals surface area contributed by atoms with E-state index in [2.05, 4.69) is 20.4 Å². The minimum Gasteiger partial charge on any atom is -0.325 e. The largest absolute Gasteiger partial charge is 0.325 e. The first-order chi connectivity index (χ1) is 13.6. The van der Waals surface area contributed by atoms with Crippen LogP contribution in [0.15, 0.2) is 70.6 Å². The lowest BCUT2D eigenvalue weighted by molar-refractivity contribution is -0.113. The molecule has 0 radical (unpaired) electrons. The zero-order valence-corrected chi connectivity index (χ0v) is 15.9. The molecule has 0 aliphatic rings. The fourth-order valence-corrected chi connectivity index (χ4v) is 3.41. The molecule has 8 heteroatoms. The topological polar surface area (TPSA) is 92.2 Å². The molecule has 0 bridgehead atoms. The summed E-state index contributed by atoms with van der Waals surface area (Å²) in [5.74, 6) is 0.494. The van der Waals surface area contributed by atoms with Crippen LogP contribution in [0.4, 0.5) is 5.69 Å². The van der Waals surface area contributed by atoms with Crippen LogP contribution in [0.1, 0.15) is 5.56 Å². The lowest BCUT2D eigenvalue weighted by Gasteiger charge is -2.08. The molecule has 1 amide bonds. The Morgan fingerprint density at radius 3 is 2.61 bits per heavy atom. The molecule has 2 aromatic heterocycles. The summed E-state index contributed by atoms with van der Waals surface area (Å²) in [5.41, 5.74) is 2.90. The maximum atomic E-state index is 12.3. The smallest absolute Gasteiger partial charge is 0.266 e. The van der Waals surface area contributed by atoms with Crippen LogP contribution in [0.25, 0.3) is 17.0 Å². The molecule has 28 heavy (non-hydrogen) atoms. The molecule has 2 N–H and O–H groups in total. The van der Waals surface area contributed by atoms with Crippen molar-refractivity contribution in [2.24, 2.45) is 0 Å². The minimum atomic E-state index is -0.272. The van der Waals surface area contributed by atoms with Gasteiger partial charge in [-0.2, -0.15) is 0 Å². The number of aromatic nitrogens is 4. The van der Waals surface area contributed by atoms with Gasteiger partial charge in [0, 0.05) is 17.3 Å². The molecule has 0 aliphatic carbocycles. The Labute approximate surface area is 164 Å². The summed E-state index contributed by atoms with van der Waals surface area (Å²) in [6, 6.07) is 18.5. The number of rotatable bonds is 5. The number of nitrogens with one attached hydrogen (secondary N) is 2. The molecule has 0 spiro atoms. The maximum absolute atomic E-state index is 12.3. The lowest BCUT2D eigenvalue weighted by atomic mass is 10.1. The summed E-state index contributed by atoms with van der Waals surface area (Å²) in [4.78, 5) is 33.1. The van der Waals surface area contributed by atoms with Crippen LogP contribution in [-0.2, 0) is 4.79 Å². The van der Waals surface area contributed by atoms with Crippen molar-refractivity contribution < 1.29 is 4.79 Å². The van der Waals surface area contributed by atoms with E-state index in [1.807, 2.05) is 61.5 Å². The molecular formula is C20H17N5O2S. The van der Waals surface area contributed by atoms with Crippen molar-refractivity contribution in [3.05, 3.63) is 76.6 Å². The first-order valence-electron chi connectivity index (χ1n) is 8.63. The first-order valence-corrected chi connectivity index (χ1v) is 9.61. The number of nitrogens with zero attached hydrogens (tertiary/aromatic N) is 3. The van der Waals surface area contributed by atoms with Crippen molar-refractivity contribution in [1.82, 2.24) is 19.6 Å². The van der Waals surface area contributed by atoms with Crippen LogP contribution in [0.3, 0.4) is 0 Å². The van der Waals surface area contributed by atoms with Gasteiger partial charge in [-0.15, -0.1) is 0 Å². The lowest BCUT2D eigenvalue weighted by Crippen LogP contribution is -2.15. The van der Waals surface area contributed by atoms with Gasteiger partial charge in [-0.25, -0.2) is 14.5 Å². The van der Waals surface area contributed by atoms with Gasteiger partial charge in [0.05, 0.1) is 5.75 Å². The number of aryl methyl sites for hydroxylation is 1. The van der Waals surface area contributed by atoms with Gasteiger partial charge in [0.15, 0.2) is 16.6 Å². The molecule has 4 aromatic rings. The number of anilines is 1. The third-order valence-corrected chi connectivity index (χ3v) is 4.96. The number of aromatic amines is 1. The SMILES string of the molecule is Cc1ccc(-c2nc(SCC(=O)Nc3ccccc3)n3[nH]c(=O)cc3n2)cc1. The second-order valence-electron chi connectivity index (χ2n) is 6.21. The van der Waals surface area contributed by atoms with Gasteiger partial charge in [-0.3, -0.25) is 14.7 Å². The third kappa shape index (κ3) is 3.96. The van der Waals surface area contributed by atoms with Crippen LogP contribution >= 0.6 is 11.8 Å². The Morgan fingerprint density at radius 1 is 1.11 bits per heavy atom. The standard InChI is InChI=1S/C20H17N5O2S/c1-13-7-9-14(10-8-13)19-22-16-11-17(26)24-25(16)20(23-19)28-12-18(27)21-15-5-3-2-4-6-15/h2-11H,12H2,1H3,(H,21,27)(H,24,26). The normalized spacial score (nSPS) is 10.9. The number of carbonyl (C=O) groups is 1. The summed E-state index contributed by atoms with van der Waals surface area (Å²) in [6.07, 6.45) is 0. The number of H-pyrrole nitrogens is 1. The van der Waals surface area contributed by atoms with Crippen molar-refractivity contribution in [2.45, 2.75) is 12.1 Å². The molecule has 140 valence electrons. The number of para-hydroxylation sites is 1. The highest BCUT2D eigenvalue weighted by atomic mass is 32.2. The van der Waals surface area contributed by atoms with E-state index in [9.17, 15) is 9.59 Å². The van der Waals surface area contributed by atoms with Gasteiger partial charge in [-0.05, 0) is 19.1 Å². The number of fused-ring (bicyclic) bond motifs is 1. The zero-order chi connectivity index (χ0) is 19.5. The predicted octanol–water partition coefficient (Wildman–Crippen LogP) is 3.12. The summed E-state index contributed by atoms with van der Waals surface area (Å²) < 4.78 is 1.50. The van der Waals surface area contributed by atoms with E-state index in [-0.39, 0.29) is 17.2 Å². The number of hydrogen-bond acceptors (Lipinski definition) is 5. The molecule has 0 saturated heterocycles. The molecular weight excluding hydrogens is 374 g/mol. The number of amides is 1. The first kappa shape index (κ1) is 18.0. The zero-order valence-electron chi connectivity index (χ0n) is 15.0. The van der Waals surface area contributed by atoms with Gasteiger partial charge in [0.1, 0.15) is 0 Å². The van der Waals surface area contributed by atoms with E-state index in [4.69, 9.17) is 0 Å². The molecule has 4 rings (SSSR count). The number of carbonyl (C=O) groups excluding carboxylic acids is 1. The van der Waals surface area contributed by atoms with Gasteiger partial charge in [0.25, 0.3) is 5.56 Å². The maximum Gasteiger partial charge on any atom is 0.266 e. The molecule has 0 unspecified atom stereocenters. The Balaban J connectivity index is 1.61.